The van der Waals surface area contributed by atoms with Crippen LogP contribution in [0.25, 0.3) is 0 Å². The number of hydrogen-bond donors (Lipinski definition) is 1. The molecule has 3 rings (SSSR count). The molecule has 2 aromatic rings. The Morgan fingerprint density at radius 3 is 2.35 bits per heavy atom. The minimum absolute atomic E-state index is 0.0196. The van der Waals surface area contributed by atoms with Gasteiger partial charge in [0.15, 0.2) is 11.5 Å². The van der Waals surface area contributed by atoms with Crippen molar-refractivity contribution < 1.29 is 27.8 Å². The van der Waals surface area contributed by atoms with Gasteiger partial charge >= 0.3 is 6.61 Å². The third-order valence-electron chi connectivity index (χ3n) is 5.09. The van der Waals surface area contributed by atoms with E-state index < -0.39 is 12.5 Å². The second-order valence-electron chi connectivity index (χ2n) is 7.19. The second kappa shape index (κ2) is 10.2. The third-order valence-corrected chi connectivity index (χ3v) is 5.09. The molecule has 0 aromatic heterocycles. The van der Waals surface area contributed by atoms with Crippen molar-refractivity contribution in [2.75, 3.05) is 40.3 Å². The summed E-state index contributed by atoms with van der Waals surface area (Å²) in [5.74, 6) is -0.869. The smallest absolute Gasteiger partial charge is 0.387 e. The van der Waals surface area contributed by atoms with Gasteiger partial charge in [-0.05, 0) is 36.9 Å². The number of benzene rings is 2. The maximum atomic E-state index is 12.7. The first-order valence-corrected chi connectivity index (χ1v) is 9.86. The summed E-state index contributed by atoms with van der Waals surface area (Å²) in [4.78, 5) is 29.1. The van der Waals surface area contributed by atoms with E-state index in [0.717, 1.165) is 18.7 Å². The van der Waals surface area contributed by atoms with Gasteiger partial charge in [-0.3, -0.25) is 9.59 Å². The van der Waals surface area contributed by atoms with Gasteiger partial charge in [0.1, 0.15) is 0 Å². The number of para-hydroxylation sites is 1. The molecule has 0 unspecified atom stereocenters. The Hall–Kier alpha value is -3.20. The number of carbonyl (C=O) groups excluding carboxylic acids is 2. The number of nitrogens with zero attached hydrogens (tertiary/aromatic N) is 2. The molecule has 1 aliphatic rings. The summed E-state index contributed by atoms with van der Waals surface area (Å²) in [6.45, 7) is 0.142. The van der Waals surface area contributed by atoms with Crippen LogP contribution in [0.3, 0.4) is 0 Å². The van der Waals surface area contributed by atoms with Crippen LogP contribution in [0.15, 0.2) is 42.5 Å². The maximum absolute atomic E-state index is 12.7. The highest BCUT2D eigenvalue weighted by molar-refractivity contribution is 5.98. The summed E-state index contributed by atoms with van der Waals surface area (Å²) in [6, 6.07) is 11.3. The number of hydrogen-bond acceptors (Lipinski definition) is 5. The highest BCUT2D eigenvalue weighted by Crippen LogP contribution is 2.32. The number of halogens is 2. The number of likely N-dealkylation sites (N-methyl/N-ethyl adjacent to an activating group) is 1. The molecule has 0 radical (unpaired) electrons. The lowest BCUT2D eigenvalue weighted by molar-refractivity contribution is -0.0515. The number of ether oxygens (including phenoxy) is 2. The van der Waals surface area contributed by atoms with Crippen LogP contribution in [-0.2, 0) is 6.54 Å². The number of amides is 2. The Morgan fingerprint density at radius 2 is 1.74 bits per heavy atom. The Morgan fingerprint density at radius 1 is 1.06 bits per heavy atom. The van der Waals surface area contributed by atoms with Crippen LogP contribution in [0.4, 0.5) is 8.78 Å². The zero-order valence-corrected chi connectivity index (χ0v) is 17.4. The first-order chi connectivity index (χ1) is 14.9. The van der Waals surface area contributed by atoms with E-state index in [-0.39, 0.29) is 29.5 Å². The van der Waals surface area contributed by atoms with E-state index in [1.165, 1.54) is 25.3 Å². The summed E-state index contributed by atoms with van der Waals surface area (Å²) in [5, 5.41) is 2.68. The third kappa shape index (κ3) is 5.69. The monoisotopic (exact) mass is 433 g/mol. The average molecular weight is 433 g/mol. The van der Waals surface area contributed by atoms with Crippen molar-refractivity contribution in [1.82, 2.24) is 15.1 Å². The van der Waals surface area contributed by atoms with Crippen molar-refractivity contribution in [3.05, 3.63) is 59.2 Å². The Kier molecular flexibility index (Phi) is 7.41. The van der Waals surface area contributed by atoms with E-state index in [1.807, 2.05) is 11.9 Å². The number of piperazine rings is 1. The summed E-state index contributed by atoms with van der Waals surface area (Å²) >= 11 is 0. The van der Waals surface area contributed by atoms with Gasteiger partial charge in [-0.15, -0.1) is 0 Å². The van der Waals surface area contributed by atoms with Crippen LogP contribution >= 0.6 is 0 Å². The molecular formula is C22H25F2N3O4. The molecule has 1 fully saturated rings. The van der Waals surface area contributed by atoms with Crippen LogP contribution in [0.5, 0.6) is 11.5 Å². The van der Waals surface area contributed by atoms with E-state index in [2.05, 4.69) is 15.0 Å². The number of methoxy groups -OCH3 is 1. The number of carbonyl (C=O) groups is 2. The van der Waals surface area contributed by atoms with Crippen molar-refractivity contribution in [3.63, 3.8) is 0 Å². The Labute approximate surface area is 179 Å². The molecule has 31 heavy (non-hydrogen) atoms. The highest BCUT2D eigenvalue weighted by atomic mass is 19.3. The number of rotatable bonds is 7. The molecule has 0 aliphatic carbocycles. The van der Waals surface area contributed by atoms with E-state index in [9.17, 15) is 18.4 Å². The molecule has 1 N–H and O–H groups in total. The molecule has 7 nitrogen and oxygen atoms in total. The number of alkyl halides is 2. The van der Waals surface area contributed by atoms with Crippen molar-refractivity contribution >= 4 is 11.8 Å². The van der Waals surface area contributed by atoms with Crippen LogP contribution in [0.1, 0.15) is 26.3 Å². The van der Waals surface area contributed by atoms with Gasteiger partial charge in [0.25, 0.3) is 11.8 Å². The average Bonchev–Trinajstić information content (AvgIpc) is 2.77. The van der Waals surface area contributed by atoms with Crippen LogP contribution < -0.4 is 14.8 Å². The van der Waals surface area contributed by atoms with E-state index in [4.69, 9.17) is 4.74 Å². The van der Waals surface area contributed by atoms with E-state index in [1.54, 1.807) is 24.3 Å². The molecule has 2 aromatic carbocycles. The van der Waals surface area contributed by atoms with Crippen LogP contribution in [0, 0.1) is 0 Å². The molecule has 0 atom stereocenters. The molecule has 166 valence electrons. The topological polar surface area (TPSA) is 71.1 Å². The fourth-order valence-corrected chi connectivity index (χ4v) is 3.30. The summed E-state index contributed by atoms with van der Waals surface area (Å²) < 4.78 is 35.0. The molecule has 1 aliphatic heterocycles. The van der Waals surface area contributed by atoms with Gasteiger partial charge < -0.3 is 24.6 Å². The largest absolute Gasteiger partial charge is 0.493 e. The normalized spacial score (nSPS) is 14.4. The quantitative estimate of drug-likeness (QED) is 0.727. The molecule has 9 heteroatoms. The first kappa shape index (κ1) is 22.5. The predicted molar refractivity (Wildman–Crippen MR) is 111 cm³/mol. The molecule has 2 amide bonds. The molecule has 1 heterocycles. The van der Waals surface area contributed by atoms with Crippen LogP contribution in [-0.4, -0.2) is 68.6 Å². The SMILES string of the molecule is COc1cccc(C(=O)NCc2ccc(C(=O)N3CCN(C)CC3)cc2)c1OC(F)F. The molecule has 0 spiro atoms. The molecule has 1 saturated heterocycles. The highest BCUT2D eigenvalue weighted by Gasteiger charge is 2.21. The van der Waals surface area contributed by atoms with Gasteiger partial charge in [0.2, 0.25) is 0 Å². The van der Waals surface area contributed by atoms with Gasteiger partial charge in [0.05, 0.1) is 12.7 Å². The summed E-state index contributed by atoms with van der Waals surface area (Å²) in [7, 11) is 3.33. The zero-order chi connectivity index (χ0) is 22.4. The lowest BCUT2D eigenvalue weighted by Gasteiger charge is -2.32. The minimum atomic E-state index is -3.09. The molecule has 0 bridgehead atoms. The minimum Gasteiger partial charge on any atom is -0.493 e. The zero-order valence-electron chi connectivity index (χ0n) is 17.4. The van der Waals surface area contributed by atoms with Gasteiger partial charge in [-0.1, -0.05) is 18.2 Å². The second-order valence-corrected chi connectivity index (χ2v) is 7.19. The number of nitrogens with one attached hydrogen (secondary N) is 1. The summed E-state index contributed by atoms with van der Waals surface area (Å²) in [5.41, 5.74) is 1.30. The maximum Gasteiger partial charge on any atom is 0.387 e. The van der Waals surface area contributed by atoms with Crippen molar-refractivity contribution in [2.24, 2.45) is 0 Å². The summed E-state index contributed by atoms with van der Waals surface area (Å²) in [6.07, 6.45) is 0. The van der Waals surface area contributed by atoms with Gasteiger partial charge in [-0.25, -0.2) is 0 Å². The fraction of sp³-hybridized carbons (Fsp3) is 0.364. The lowest BCUT2D eigenvalue weighted by Crippen LogP contribution is -2.47. The predicted octanol–water partition coefficient (Wildman–Crippen LogP) is 2.61. The van der Waals surface area contributed by atoms with Crippen LogP contribution in [0.2, 0.25) is 0 Å². The molecule has 0 saturated carbocycles. The van der Waals surface area contributed by atoms with Crippen molar-refractivity contribution in [3.8, 4) is 11.5 Å². The van der Waals surface area contributed by atoms with Gasteiger partial charge in [-0.2, -0.15) is 8.78 Å². The van der Waals surface area contributed by atoms with Gasteiger partial charge in [0, 0.05) is 38.3 Å². The van der Waals surface area contributed by atoms with Crippen molar-refractivity contribution in [2.45, 2.75) is 13.2 Å². The fourth-order valence-electron chi connectivity index (χ4n) is 3.30. The Balaban J connectivity index is 1.63. The first-order valence-electron chi connectivity index (χ1n) is 9.86. The van der Waals surface area contributed by atoms with E-state index >= 15 is 0 Å². The van der Waals surface area contributed by atoms with Crippen molar-refractivity contribution in [1.29, 1.82) is 0 Å². The van der Waals surface area contributed by atoms with E-state index in [0.29, 0.717) is 18.7 Å². The lowest BCUT2D eigenvalue weighted by atomic mass is 10.1. The Bertz CT molecular complexity index is 913. The standard InChI is InChI=1S/C22H25F2N3O4/c1-26-10-12-27(13-11-26)21(29)16-8-6-15(7-9-16)14-25-20(28)17-4-3-5-18(30-2)19(17)31-22(23)24/h3-9,22H,10-14H2,1-2H3,(H,25,28). The molecular weight excluding hydrogens is 408 g/mol.